The molecule has 154 valence electrons. The van der Waals surface area contributed by atoms with Crippen molar-refractivity contribution >= 4 is 23.9 Å². The summed E-state index contributed by atoms with van der Waals surface area (Å²) in [6.45, 7) is -0.381. The minimum Gasteiger partial charge on any atom is -0.493 e. The maximum absolute atomic E-state index is 12.6. The highest BCUT2D eigenvalue weighted by atomic mass is 19.3. The Hall–Kier alpha value is -3.17. The standard InChI is InChI=1S/C18H22F2N2O6/c1-11(2)22-14(23)9-21-15(24)10-27-16(25)8-7-12-5-4-6-13(26-3)17(12)28-18(19)20/h4-8,11,18H,9-10H2,1-3H3,(H,21,24)(H,22,23)/b8-7+. The molecule has 0 aromatic heterocycles. The van der Waals surface area contributed by atoms with Crippen LogP contribution in [0, 0.1) is 0 Å². The molecule has 0 saturated carbocycles. The molecule has 2 amide bonds. The van der Waals surface area contributed by atoms with Crippen molar-refractivity contribution in [2.75, 3.05) is 20.3 Å². The SMILES string of the molecule is COc1cccc(/C=C/C(=O)OCC(=O)NCC(=O)NC(C)C)c1OC(F)F. The Morgan fingerprint density at radius 2 is 1.89 bits per heavy atom. The van der Waals surface area contributed by atoms with Gasteiger partial charge in [-0.25, -0.2) is 4.79 Å². The van der Waals surface area contributed by atoms with Crippen LogP contribution in [0.5, 0.6) is 11.5 Å². The summed E-state index contributed by atoms with van der Waals surface area (Å²) in [4.78, 5) is 34.7. The molecule has 0 aliphatic heterocycles. The van der Waals surface area contributed by atoms with Crippen LogP contribution in [0.4, 0.5) is 8.78 Å². The van der Waals surface area contributed by atoms with Gasteiger partial charge < -0.3 is 24.8 Å². The maximum atomic E-state index is 12.6. The van der Waals surface area contributed by atoms with Gasteiger partial charge in [0, 0.05) is 17.7 Å². The quantitative estimate of drug-likeness (QED) is 0.456. The number of benzene rings is 1. The largest absolute Gasteiger partial charge is 0.493 e. The molecule has 1 rings (SSSR count). The molecular formula is C18H22F2N2O6. The van der Waals surface area contributed by atoms with E-state index in [4.69, 9.17) is 9.47 Å². The van der Waals surface area contributed by atoms with E-state index in [9.17, 15) is 23.2 Å². The van der Waals surface area contributed by atoms with Crippen LogP contribution in [-0.4, -0.2) is 50.7 Å². The number of carbonyl (C=O) groups is 3. The number of para-hydroxylation sites is 1. The zero-order valence-corrected chi connectivity index (χ0v) is 15.7. The second-order valence-corrected chi connectivity index (χ2v) is 5.70. The van der Waals surface area contributed by atoms with E-state index in [-0.39, 0.29) is 35.6 Å². The molecule has 0 aliphatic carbocycles. The first-order valence-electron chi connectivity index (χ1n) is 8.25. The number of rotatable bonds is 10. The highest BCUT2D eigenvalue weighted by molar-refractivity contribution is 5.90. The lowest BCUT2D eigenvalue weighted by molar-refractivity contribution is -0.143. The van der Waals surface area contributed by atoms with E-state index in [0.717, 1.165) is 6.08 Å². The Morgan fingerprint density at radius 1 is 1.18 bits per heavy atom. The molecule has 2 N–H and O–H groups in total. The van der Waals surface area contributed by atoms with Gasteiger partial charge in [0.15, 0.2) is 18.1 Å². The molecule has 0 aliphatic rings. The first-order chi connectivity index (χ1) is 13.2. The number of carbonyl (C=O) groups excluding carboxylic acids is 3. The number of nitrogens with one attached hydrogen (secondary N) is 2. The average molecular weight is 400 g/mol. The van der Waals surface area contributed by atoms with Crippen LogP contribution in [0.2, 0.25) is 0 Å². The first-order valence-corrected chi connectivity index (χ1v) is 8.25. The highest BCUT2D eigenvalue weighted by Crippen LogP contribution is 2.33. The summed E-state index contributed by atoms with van der Waals surface area (Å²) in [6, 6.07) is 4.32. The molecular weight excluding hydrogens is 378 g/mol. The Morgan fingerprint density at radius 3 is 2.50 bits per heavy atom. The molecule has 0 atom stereocenters. The Labute approximate surface area is 160 Å². The molecule has 1 aromatic carbocycles. The van der Waals surface area contributed by atoms with Gasteiger partial charge in [0.2, 0.25) is 5.91 Å². The Bertz CT molecular complexity index is 722. The molecule has 10 heteroatoms. The predicted octanol–water partition coefficient (Wildman–Crippen LogP) is 1.49. The van der Waals surface area contributed by atoms with Crippen molar-refractivity contribution in [3.05, 3.63) is 29.8 Å². The van der Waals surface area contributed by atoms with E-state index in [1.165, 1.54) is 31.4 Å². The second kappa shape index (κ2) is 11.5. The van der Waals surface area contributed by atoms with Gasteiger partial charge in [-0.05, 0) is 26.0 Å². The van der Waals surface area contributed by atoms with E-state index in [1.807, 2.05) is 0 Å². The van der Waals surface area contributed by atoms with Gasteiger partial charge in [-0.3, -0.25) is 9.59 Å². The lowest BCUT2D eigenvalue weighted by Crippen LogP contribution is -2.41. The predicted molar refractivity (Wildman–Crippen MR) is 95.9 cm³/mol. The zero-order valence-electron chi connectivity index (χ0n) is 15.7. The van der Waals surface area contributed by atoms with Crippen molar-refractivity contribution in [3.63, 3.8) is 0 Å². The van der Waals surface area contributed by atoms with Gasteiger partial charge in [-0.2, -0.15) is 8.78 Å². The molecule has 0 bridgehead atoms. The molecule has 28 heavy (non-hydrogen) atoms. The molecule has 0 heterocycles. The van der Waals surface area contributed by atoms with Crippen LogP contribution in [-0.2, 0) is 19.1 Å². The zero-order chi connectivity index (χ0) is 21.1. The Kier molecular flexibility index (Phi) is 9.41. The van der Waals surface area contributed by atoms with Gasteiger partial charge in [0.1, 0.15) is 0 Å². The van der Waals surface area contributed by atoms with E-state index >= 15 is 0 Å². The number of amides is 2. The number of alkyl halides is 2. The average Bonchev–Trinajstić information content (AvgIpc) is 2.62. The molecule has 0 spiro atoms. The van der Waals surface area contributed by atoms with Crippen molar-refractivity contribution in [2.24, 2.45) is 0 Å². The van der Waals surface area contributed by atoms with Crippen LogP contribution >= 0.6 is 0 Å². The van der Waals surface area contributed by atoms with E-state index in [1.54, 1.807) is 13.8 Å². The minimum absolute atomic E-state index is 0.0647. The van der Waals surface area contributed by atoms with E-state index in [0.29, 0.717) is 0 Å². The molecule has 0 fully saturated rings. The van der Waals surface area contributed by atoms with Gasteiger partial charge in [0.25, 0.3) is 5.91 Å². The second-order valence-electron chi connectivity index (χ2n) is 5.70. The Balaban J connectivity index is 2.58. The monoisotopic (exact) mass is 400 g/mol. The van der Waals surface area contributed by atoms with Crippen molar-refractivity contribution in [1.82, 2.24) is 10.6 Å². The topological polar surface area (TPSA) is 103 Å². The third-order valence-corrected chi connectivity index (χ3v) is 3.08. The van der Waals surface area contributed by atoms with Crippen LogP contribution < -0.4 is 20.1 Å². The number of esters is 1. The summed E-state index contributed by atoms with van der Waals surface area (Å²) in [5, 5.41) is 4.87. The van der Waals surface area contributed by atoms with Crippen molar-refractivity contribution in [2.45, 2.75) is 26.5 Å². The minimum atomic E-state index is -3.08. The van der Waals surface area contributed by atoms with Gasteiger partial charge >= 0.3 is 12.6 Å². The summed E-state index contributed by atoms with van der Waals surface area (Å²) in [5.74, 6) is -2.09. The number of hydrogen-bond acceptors (Lipinski definition) is 6. The van der Waals surface area contributed by atoms with Crippen molar-refractivity contribution < 1.29 is 37.4 Å². The van der Waals surface area contributed by atoms with Gasteiger partial charge in [-0.15, -0.1) is 0 Å². The summed E-state index contributed by atoms with van der Waals surface area (Å²) >= 11 is 0. The number of hydrogen-bond donors (Lipinski definition) is 2. The summed E-state index contributed by atoms with van der Waals surface area (Å²) in [7, 11) is 1.29. The lowest BCUT2D eigenvalue weighted by Gasteiger charge is -2.12. The number of methoxy groups -OCH3 is 1. The molecule has 8 nitrogen and oxygen atoms in total. The maximum Gasteiger partial charge on any atom is 0.387 e. The van der Waals surface area contributed by atoms with Crippen LogP contribution in [0.1, 0.15) is 19.4 Å². The lowest BCUT2D eigenvalue weighted by atomic mass is 10.1. The third-order valence-electron chi connectivity index (χ3n) is 3.08. The fourth-order valence-corrected chi connectivity index (χ4v) is 1.99. The fourth-order valence-electron chi connectivity index (χ4n) is 1.99. The normalized spacial score (nSPS) is 10.8. The molecule has 0 radical (unpaired) electrons. The van der Waals surface area contributed by atoms with Gasteiger partial charge in [0.05, 0.1) is 13.7 Å². The molecule has 0 saturated heterocycles. The van der Waals surface area contributed by atoms with Gasteiger partial charge in [-0.1, -0.05) is 12.1 Å². The van der Waals surface area contributed by atoms with Crippen molar-refractivity contribution in [1.29, 1.82) is 0 Å². The summed E-state index contributed by atoms with van der Waals surface area (Å²) < 4.78 is 39.2. The number of halogens is 2. The van der Waals surface area contributed by atoms with Crippen LogP contribution in [0.25, 0.3) is 6.08 Å². The first kappa shape index (κ1) is 22.9. The number of ether oxygens (including phenoxy) is 3. The summed E-state index contributed by atoms with van der Waals surface area (Å²) in [6.07, 6.45) is 2.14. The van der Waals surface area contributed by atoms with E-state index < -0.39 is 25.1 Å². The van der Waals surface area contributed by atoms with Crippen LogP contribution in [0.15, 0.2) is 24.3 Å². The van der Waals surface area contributed by atoms with E-state index in [2.05, 4.69) is 15.4 Å². The third kappa shape index (κ3) is 8.47. The van der Waals surface area contributed by atoms with Crippen molar-refractivity contribution in [3.8, 4) is 11.5 Å². The molecule has 0 unspecified atom stereocenters. The smallest absolute Gasteiger partial charge is 0.387 e. The van der Waals surface area contributed by atoms with Crippen LogP contribution in [0.3, 0.4) is 0 Å². The molecule has 1 aromatic rings. The summed E-state index contributed by atoms with van der Waals surface area (Å²) in [5.41, 5.74) is 0.159. The fraction of sp³-hybridized carbons (Fsp3) is 0.389. The highest BCUT2D eigenvalue weighted by Gasteiger charge is 2.14.